The Morgan fingerprint density at radius 1 is 1.00 bits per heavy atom. The molecule has 6 nitrogen and oxygen atoms in total. The summed E-state index contributed by atoms with van der Waals surface area (Å²) in [6.45, 7) is 2.20. The van der Waals surface area contributed by atoms with Crippen LogP contribution in [0.5, 0.6) is 17.2 Å². The van der Waals surface area contributed by atoms with Crippen molar-refractivity contribution >= 4 is 29.9 Å². The lowest BCUT2D eigenvalue weighted by Gasteiger charge is -2.27. The highest BCUT2D eigenvalue weighted by Crippen LogP contribution is 2.32. The van der Waals surface area contributed by atoms with E-state index in [9.17, 15) is 8.78 Å². The third kappa shape index (κ3) is 7.71. The zero-order chi connectivity index (χ0) is 22.1. The second kappa shape index (κ2) is 12.5. The summed E-state index contributed by atoms with van der Waals surface area (Å²) >= 11 is 0. The van der Waals surface area contributed by atoms with Crippen LogP contribution in [0.2, 0.25) is 0 Å². The maximum atomic E-state index is 12.6. The van der Waals surface area contributed by atoms with E-state index in [0.29, 0.717) is 36.1 Å². The molecule has 0 aliphatic carbocycles. The minimum Gasteiger partial charge on any atom is -0.493 e. The van der Waals surface area contributed by atoms with Gasteiger partial charge in [0.1, 0.15) is 5.75 Å². The second-order valence-electron chi connectivity index (χ2n) is 7.22. The standard InChI is InChI=1S/C22H29F2N3O3.HI/c1-22(2,16-10-11-18(28-4)19(12-16)29-5)14-27-21(25-3)26-13-15-8-6-7-9-17(15)30-20(23)24;/h6-12,20H,13-14H2,1-5H3,(H2,25,26,27);1H. The Morgan fingerprint density at radius 3 is 2.29 bits per heavy atom. The summed E-state index contributed by atoms with van der Waals surface area (Å²) in [5.41, 5.74) is 1.44. The first-order chi connectivity index (χ1) is 14.3. The molecular weight excluding hydrogens is 519 g/mol. The van der Waals surface area contributed by atoms with Crippen LogP contribution in [0.1, 0.15) is 25.0 Å². The van der Waals surface area contributed by atoms with Crippen molar-refractivity contribution < 1.29 is 23.0 Å². The van der Waals surface area contributed by atoms with Gasteiger partial charge in [-0.15, -0.1) is 24.0 Å². The molecule has 0 heterocycles. The van der Waals surface area contributed by atoms with E-state index in [2.05, 4.69) is 34.2 Å². The van der Waals surface area contributed by atoms with Gasteiger partial charge in [0.2, 0.25) is 0 Å². The molecule has 2 rings (SSSR count). The molecule has 0 unspecified atom stereocenters. The smallest absolute Gasteiger partial charge is 0.387 e. The molecule has 0 aliphatic heterocycles. The van der Waals surface area contributed by atoms with Gasteiger partial charge in [-0.1, -0.05) is 38.1 Å². The molecule has 0 atom stereocenters. The molecule has 0 spiro atoms. The maximum Gasteiger partial charge on any atom is 0.387 e. The summed E-state index contributed by atoms with van der Waals surface area (Å²) in [6.07, 6.45) is 0. The summed E-state index contributed by atoms with van der Waals surface area (Å²) in [4.78, 5) is 4.21. The number of nitrogens with one attached hydrogen (secondary N) is 2. The van der Waals surface area contributed by atoms with Crippen molar-refractivity contribution in [2.24, 2.45) is 4.99 Å². The van der Waals surface area contributed by atoms with Crippen LogP contribution >= 0.6 is 24.0 Å². The van der Waals surface area contributed by atoms with Crippen LogP contribution in [-0.4, -0.2) is 40.4 Å². The van der Waals surface area contributed by atoms with E-state index in [0.717, 1.165) is 5.56 Å². The zero-order valence-electron chi connectivity index (χ0n) is 18.4. The Kier molecular flexibility index (Phi) is 10.8. The number of aliphatic imine (C=N–C) groups is 1. The fourth-order valence-electron chi connectivity index (χ4n) is 2.92. The van der Waals surface area contributed by atoms with Gasteiger partial charge in [0, 0.05) is 31.1 Å². The Hall–Kier alpha value is -2.30. The molecule has 0 radical (unpaired) electrons. The van der Waals surface area contributed by atoms with E-state index in [1.54, 1.807) is 39.5 Å². The van der Waals surface area contributed by atoms with Crippen LogP contribution < -0.4 is 24.8 Å². The molecule has 2 N–H and O–H groups in total. The molecule has 172 valence electrons. The predicted molar refractivity (Wildman–Crippen MR) is 129 cm³/mol. The second-order valence-corrected chi connectivity index (χ2v) is 7.22. The van der Waals surface area contributed by atoms with E-state index in [4.69, 9.17) is 9.47 Å². The first-order valence-corrected chi connectivity index (χ1v) is 9.50. The molecule has 0 aromatic heterocycles. The van der Waals surface area contributed by atoms with E-state index < -0.39 is 6.61 Å². The fraction of sp³-hybridized carbons (Fsp3) is 0.409. The van der Waals surface area contributed by atoms with Crippen LogP contribution in [0.25, 0.3) is 0 Å². The molecule has 31 heavy (non-hydrogen) atoms. The lowest BCUT2D eigenvalue weighted by molar-refractivity contribution is -0.0504. The largest absolute Gasteiger partial charge is 0.493 e. The van der Waals surface area contributed by atoms with Crippen LogP contribution in [0, 0.1) is 0 Å². The van der Waals surface area contributed by atoms with Gasteiger partial charge in [-0.05, 0) is 23.8 Å². The van der Waals surface area contributed by atoms with Crippen molar-refractivity contribution in [2.75, 3.05) is 27.8 Å². The molecule has 2 aromatic carbocycles. The number of nitrogens with zero attached hydrogens (tertiary/aromatic N) is 1. The fourth-order valence-corrected chi connectivity index (χ4v) is 2.92. The van der Waals surface area contributed by atoms with Crippen LogP contribution in [0.4, 0.5) is 8.78 Å². The van der Waals surface area contributed by atoms with Crippen LogP contribution in [0.3, 0.4) is 0 Å². The number of methoxy groups -OCH3 is 2. The predicted octanol–water partition coefficient (Wildman–Crippen LogP) is 4.57. The van der Waals surface area contributed by atoms with Gasteiger partial charge in [0.25, 0.3) is 0 Å². The normalized spacial score (nSPS) is 11.5. The number of guanidine groups is 1. The number of alkyl halides is 2. The summed E-state index contributed by atoms with van der Waals surface area (Å²) in [5.74, 6) is 2.03. The number of hydrogen-bond donors (Lipinski definition) is 2. The molecule has 0 fully saturated rings. The number of halogens is 3. The number of ether oxygens (including phenoxy) is 3. The minimum absolute atomic E-state index is 0. The highest BCUT2D eigenvalue weighted by Gasteiger charge is 2.23. The first kappa shape index (κ1) is 26.7. The summed E-state index contributed by atoms with van der Waals surface area (Å²) < 4.78 is 40.4. The number of benzene rings is 2. The average molecular weight is 549 g/mol. The molecular formula is C22H30F2IN3O3. The van der Waals surface area contributed by atoms with Crippen molar-refractivity contribution in [3.05, 3.63) is 53.6 Å². The summed E-state index contributed by atoms with van der Waals surface area (Å²) in [6, 6.07) is 12.5. The van der Waals surface area contributed by atoms with Gasteiger partial charge in [0.15, 0.2) is 17.5 Å². The van der Waals surface area contributed by atoms with E-state index in [1.807, 2.05) is 18.2 Å². The molecule has 0 saturated heterocycles. The topological polar surface area (TPSA) is 64.1 Å². The molecule has 0 bridgehead atoms. The van der Waals surface area contributed by atoms with Crippen molar-refractivity contribution in [1.82, 2.24) is 10.6 Å². The Labute approximate surface area is 199 Å². The van der Waals surface area contributed by atoms with Crippen LogP contribution in [0.15, 0.2) is 47.5 Å². The molecule has 9 heteroatoms. The first-order valence-electron chi connectivity index (χ1n) is 9.50. The van der Waals surface area contributed by atoms with Gasteiger partial charge in [-0.3, -0.25) is 4.99 Å². The quantitative estimate of drug-likeness (QED) is 0.273. The monoisotopic (exact) mass is 549 g/mol. The van der Waals surface area contributed by atoms with Crippen molar-refractivity contribution in [3.63, 3.8) is 0 Å². The lowest BCUT2D eigenvalue weighted by Crippen LogP contribution is -2.43. The third-order valence-corrected chi connectivity index (χ3v) is 4.72. The van der Waals surface area contributed by atoms with Crippen molar-refractivity contribution in [3.8, 4) is 17.2 Å². The zero-order valence-corrected chi connectivity index (χ0v) is 20.7. The van der Waals surface area contributed by atoms with Crippen LogP contribution in [-0.2, 0) is 12.0 Å². The van der Waals surface area contributed by atoms with E-state index in [1.165, 1.54) is 6.07 Å². The highest BCUT2D eigenvalue weighted by atomic mass is 127. The molecule has 0 saturated carbocycles. The number of hydrogen-bond acceptors (Lipinski definition) is 4. The average Bonchev–Trinajstić information content (AvgIpc) is 2.73. The van der Waals surface area contributed by atoms with Crippen molar-refractivity contribution in [1.29, 1.82) is 0 Å². The number of para-hydroxylation sites is 1. The highest BCUT2D eigenvalue weighted by molar-refractivity contribution is 14.0. The van der Waals surface area contributed by atoms with Gasteiger partial charge in [-0.25, -0.2) is 0 Å². The minimum atomic E-state index is -2.87. The lowest BCUT2D eigenvalue weighted by atomic mass is 9.84. The Balaban J connectivity index is 0.00000480. The van der Waals surface area contributed by atoms with Gasteiger partial charge in [0.05, 0.1) is 14.2 Å². The van der Waals surface area contributed by atoms with Gasteiger partial charge in [-0.2, -0.15) is 8.78 Å². The molecule has 0 aliphatic rings. The SMILES string of the molecule is CN=C(NCc1ccccc1OC(F)F)NCC(C)(C)c1ccc(OC)c(OC)c1.I. The van der Waals surface area contributed by atoms with E-state index >= 15 is 0 Å². The summed E-state index contributed by atoms with van der Waals surface area (Å²) in [5, 5.41) is 6.42. The molecule has 0 amide bonds. The maximum absolute atomic E-state index is 12.6. The van der Waals surface area contributed by atoms with Gasteiger partial charge >= 0.3 is 6.61 Å². The van der Waals surface area contributed by atoms with Gasteiger partial charge < -0.3 is 24.8 Å². The third-order valence-electron chi connectivity index (χ3n) is 4.72. The summed E-state index contributed by atoms with van der Waals surface area (Å²) in [7, 11) is 4.86. The van der Waals surface area contributed by atoms with E-state index in [-0.39, 0.29) is 35.1 Å². The Morgan fingerprint density at radius 2 is 1.68 bits per heavy atom. The van der Waals surface area contributed by atoms with Crippen molar-refractivity contribution in [2.45, 2.75) is 32.4 Å². The molecule has 2 aromatic rings. The Bertz CT molecular complexity index is 864. The number of rotatable bonds is 9.